The molecule has 0 saturated carbocycles. The van der Waals surface area contributed by atoms with E-state index >= 15 is 0 Å². The van der Waals surface area contributed by atoms with Crippen molar-refractivity contribution in [2.75, 3.05) is 24.5 Å². The molecule has 14 heavy (non-hydrogen) atoms. The molecule has 1 aromatic rings. The summed E-state index contributed by atoms with van der Waals surface area (Å²) >= 11 is 0. The Labute approximate surface area is 83.1 Å². The second-order valence-corrected chi connectivity index (χ2v) is 3.87. The van der Waals surface area contributed by atoms with Crippen molar-refractivity contribution in [1.29, 1.82) is 0 Å². The van der Waals surface area contributed by atoms with Crippen LogP contribution in [-0.2, 0) is 13.1 Å². The van der Waals surface area contributed by atoms with E-state index in [0.29, 0.717) is 0 Å². The van der Waals surface area contributed by atoms with Crippen LogP contribution in [0.5, 0.6) is 0 Å². The molecule has 3 rings (SSSR count). The van der Waals surface area contributed by atoms with Crippen LogP contribution >= 0.6 is 0 Å². The van der Waals surface area contributed by atoms with E-state index in [0.717, 1.165) is 44.5 Å². The molecule has 0 aliphatic carbocycles. The van der Waals surface area contributed by atoms with E-state index in [1.165, 1.54) is 12.8 Å². The van der Waals surface area contributed by atoms with Crippen LogP contribution in [0.25, 0.3) is 0 Å². The molecule has 3 heterocycles. The molecular weight excluding hydrogens is 178 g/mol. The molecule has 0 spiro atoms. The van der Waals surface area contributed by atoms with Crippen molar-refractivity contribution in [3.63, 3.8) is 0 Å². The average molecular weight is 192 g/mol. The minimum absolute atomic E-state index is 0.737. The van der Waals surface area contributed by atoms with Gasteiger partial charge in [0.15, 0.2) is 0 Å². The number of rotatable bonds is 1. The van der Waals surface area contributed by atoms with E-state index in [1.54, 1.807) is 0 Å². The van der Waals surface area contributed by atoms with Crippen LogP contribution in [0.15, 0.2) is 0 Å². The highest BCUT2D eigenvalue weighted by atomic mass is 15.4. The van der Waals surface area contributed by atoms with Gasteiger partial charge in [-0.25, -0.2) is 5.32 Å². The van der Waals surface area contributed by atoms with Crippen molar-refractivity contribution < 1.29 is 0 Å². The highest BCUT2D eigenvalue weighted by Gasteiger charge is 2.22. The lowest BCUT2D eigenvalue weighted by Gasteiger charge is -2.20. The van der Waals surface area contributed by atoms with E-state index in [9.17, 15) is 0 Å². The smallest absolute Gasteiger partial charge is 0.227 e. The van der Waals surface area contributed by atoms with Crippen molar-refractivity contribution in [2.45, 2.75) is 25.9 Å². The lowest BCUT2D eigenvalue weighted by Crippen LogP contribution is -2.28. The summed E-state index contributed by atoms with van der Waals surface area (Å²) in [5.41, 5.74) is 0. The zero-order valence-electron chi connectivity index (χ0n) is 8.19. The summed E-state index contributed by atoms with van der Waals surface area (Å²) in [6.45, 7) is 4.87. The van der Waals surface area contributed by atoms with Gasteiger partial charge in [0.05, 0.1) is 6.54 Å². The normalized spacial score (nSPS) is 21.3. The quantitative estimate of drug-likeness (QED) is 0.629. The third-order valence-electron chi connectivity index (χ3n) is 2.93. The third kappa shape index (κ3) is 1.19. The first-order valence-electron chi connectivity index (χ1n) is 5.25. The Bertz CT molecular complexity index is 326. The maximum atomic E-state index is 4.32. The fraction of sp³-hybridized carbons (Fsp3) is 0.778. The predicted octanol–water partition coefficient (Wildman–Crippen LogP) is -0.00370. The molecule has 0 unspecified atom stereocenters. The first-order valence-corrected chi connectivity index (χ1v) is 5.25. The topological polar surface area (TPSA) is 48.1 Å². The SMILES string of the molecule is C1CCN(c2nnc3n2CC[N]C3)C1. The van der Waals surface area contributed by atoms with E-state index in [1.807, 2.05) is 0 Å². The average Bonchev–Trinajstić information content (AvgIpc) is 2.85. The van der Waals surface area contributed by atoms with Gasteiger partial charge < -0.3 is 4.90 Å². The molecule has 1 aromatic heterocycles. The molecular formula is C9H14N5. The largest absolute Gasteiger partial charge is 0.341 e. The van der Waals surface area contributed by atoms with Gasteiger partial charge in [-0.15, -0.1) is 10.2 Å². The zero-order chi connectivity index (χ0) is 9.38. The van der Waals surface area contributed by atoms with E-state index in [4.69, 9.17) is 0 Å². The van der Waals surface area contributed by atoms with Crippen LogP contribution in [0.1, 0.15) is 18.7 Å². The highest BCUT2D eigenvalue weighted by molar-refractivity contribution is 5.32. The highest BCUT2D eigenvalue weighted by Crippen LogP contribution is 2.20. The summed E-state index contributed by atoms with van der Waals surface area (Å²) in [6, 6.07) is 0. The number of hydrogen-bond acceptors (Lipinski definition) is 3. The van der Waals surface area contributed by atoms with Gasteiger partial charge in [-0.3, -0.25) is 4.57 Å². The Morgan fingerprint density at radius 2 is 1.86 bits per heavy atom. The fourth-order valence-electron chi connectivity index (χ4n) is 2.17. The summed E-state index contributed by atoms with van der Waals surface area (Å²) in [6.07, 6.45) is 2.57. The van der Waals surface area contributed by atoms with Gasteiger partial charge in [0.1, 0.15) is 5.82 Å². The lowest BCUT2D eigenvalue weighted by atomic mass is 10.4. The molecule has 2 aliphatic heterocycles. The molecule has 2 aliphatic rings. The molecule has 5 nitrogen and oxygen atoms in total. The molecule has 75 valence electrons. The van der Waals surface area contributed by atoms with E-state index in [-0.39, 0.29) is 0 Å². The lowest BCUT2D eigenvalue weighted by molar-refractivity contribution is 0.496. The van der Waals surface area contributed by atoms with Gasteiger partial charge >= 0.3 is 0 Å². The molecule has 0 aromatic carbocycles. The number of hydrogen-bond donors (Lipinski definition) is 0. The van der Waals surface area contributed by atoms with Gasteiger partial charge in [0, 0.05) is 26.2 Å². The summed E-state index contributed by atoms with van der Waals surface area (Å²) < 4.78 is 2.22. The third-order valence-corrected chi connectivity index (χ3v) is 2.93. The second-order valence-electron chi connectivity index (χ2n) is 3.87. The zero-order valence-corrected chi connectivity index (χ0v) is 8.19. The van der Waals surface area contributed by atoms with Crippen molar-refractivity contribution in [3.8, 4) is 0 Å². The fourth-order valence-corrected chi connectivity index (χ4v) is 2.17. The van der Waals surface area contributed by atoms with Crippen LogP contribution in [0.3, 0.4) is 0 Å². The van der Waals surface area contributed by atoms with Crippen molar-refractivity contribution in [3.05, 3.63) is 5.82 Å². The molecule has 0 N–H and O–H groups in total. The van der Waals surface area contributed by atoms with Gasteiger partial charge in [-0.05, 0) is 12.8 Å². The first kappa shape index (κ1) is 8.23. The minimum atomic E-state index is 0.737. The summed E-state index contributed by atoms with van der Waals surface area (Å²) in [5, 5.41) is 12.8. The second kappa shape index (κ2) is 3.24. The summed E-state index contributed by atoms with van der Waals surface area (Å²) in [4.78, 5) is 2.34. The number of anilines is 1. The van der Waals surface area contributed by atoms with E-state index < -0.39 is 0 Å². The summed E-state index contributed by atoms with van der Waals surface area (Å²) in [7, 11) is 0. The molecule has 5 heteroatoms. The Morgan fingerprint density at radius 1 is 1.00 bits per heavy atom. The van der Waals surface area contributed by atoms with Crippen molar-refractivity contribution in [1.82, 2.24) is 20.1 Å². The monoisotopic (exact) mass is 192 g/mol. The number of fused-ring (bicyclic) bond motifs is 1. The van der Waals surface area contributed by atoms with Crippen molar-refractivity contribution in [2.24, 2.45) is 0 Å². The van der Waals surface area contributed by atoms with Gasteiger partial charge in [-0.2, -0.15) is 0 Å². The van der Waals surface area contributed by atoms with Gasteiger partial charge in [0.25, 0.3) is 0 Å². The van der Waals surface area contributed by atoms with Crippen LogP contribution in [0.4, 0.5) is 5.95 Å². The molecule has 1 saturated heterocycles. The van der Waals surface area contributed by atoms with Crippen LogP contribution in [0, 0.1) is 0 Å². The minimum Gasteiger partial charge on any atom is -0.341 e. The Morgan fingerprint density at radius 3 is 2.71 bits per heavy atom. The van der Waals surface area contributed by atoms with Gasteiger partial charge in [-0.1, -0.05) is 0 Å². The first-order chi connectivity index (χ1) is 6.95. The molecule has 0 atom stereocenters. The van der Waals surface area contributed by atoms with E-state index in [2.05, 4.69) is 25.0 Å². The number of nitrogens with zero attached hydrogens (tertiary/aromatic N) is 5. The van der Waals surface area contributed by atoms with Crippen LogP contribution in [0.2, 0.25) is 0 Å². The Kier molecular flexibility index (Phi) is 1.90. The van der Waals surface area contributed by atoms with Crippen LogP contribution in [-0.4, -0.2) is 34.4 Å². The predicted molar refractivity (Wildman–Crippen MR) is 52.2 cm³/mol. The maximum absolute atomic E-state index is 4.32. The standard InChI is InChI=1S/C9H14N5/c1-2-5-13(4-1)9-12-11-8-7-10-3-6-14(8)9/h1-7H2. The summed E-state index contributed by atoms with van der Waals surface area (Å²) in [5.74, 6) is 2.09. The Balaban J connectivity index is 1.93. The molecule has 1 fully saturated rings. The molecule has 1 radical (unpaired) electrons. The molecule has 0 bridgehead atoms. The maximum Gasteiger partial charge on any atom is 0.227 e. The number of aromatic nitrogens is 3. The van der Waals surface area contributed by atoms with Gasteiger partial charge in [0.2, 0.25) is 5.95 Å². The molecule has 0 amide bonds. The Hall–Kier alpha value is -1.10. The van der Waals surface area contributed by atoms with Crippen molar-refractivity contribution >= 4 is 5.95 Å². The van der Waals surface area contributed by atoms with Crippen LogP contribution < -0.4 is 10.2 Å².